The summed E-state index contributed by atoms with van der Waals surface area (Å²) in [5.74, 6) is 0. The molecule has 0 radical (unpaired) electrons. The molecule has 1 aromatic rings. The molecular weight excluding hydrogens is 180 g/mol. The third-order valence-electron chi connectivity index (χ3n) is 2.26. The molecule has 0 N–H and O–H groups in total. The molecule has 0 aliphatic carbocycles. The second-order valence-corrected chi connectivity index (χ2v) is 3.99. The van der Waals surface area contributed by atoms with Crippen molar-refractivity contribution in [2.75, 3.05) is 0 Å². The fourth-order valence-corrected chi connectivity index (χ4v) is 1.96. The second kappa shape index (κ2) is 6.08. The molecule has 1 aromatic heterocycles. The van der Waals surface area contributed by atoms with Gasteiger partial charge in [-0.2, -0.15) is 8.75 Å². The summed E-state index contributed by atoms with van der Waals surface area (Å²) in [6.07, 6.45) is 7.78. The van der Waals surface area contributed by atoms with Gasteiger partial charge in [0.15, 0.2) is 0 Å². The molecule has 0 atom stereocenters. The minimum atomic E-state index is 1.12. The van der Waals surface area contributed by atoms with Gasteiger partial charge in [-0.25, -0.2) is 0 Å². The molecule has 2 nitrogen and oxygen atoms in total. The third kappa shape index (κ3) is 3.85. The summed E-state index contributed by atoms with van der Waals surface area (Å²) < 4.78 is 8.43. The van der Waals surface area contributed by atoms with Gasteiger partial charge in [-0.3, -0.25) is 0 Å². The van der Waals surface area contributed by atoms with Crippen LogP contribution in [0.5, 0.6) is 0 Å². The topological polar surface area (TPSA) is 25.8 Å². The average Bonchev–Trinajstić information content (AvgIpc) is 2.52. The van der Waals surface area contributed by atoms with Gasteiger partial charge in [-0.1, -0.05) is 32.6 Å². The lowest BCUT2D eigenvalue weighted by Crippen LogP contribution is -1.88. The zero-order valence-electron chi connectivity index (χ0n) is 8.55. The number of aryl methyl sites for hydroxylation is 2. The first-order valence-corrected chi connectivity index (χ1v) is 5.85. The SMILES string of the molecule is CCCCCCCc1nsnc1C. The van der Waals surface area contributed by atoms with E-state index >= 15 is 0 Å². The average molecular weight is 198 g/mol. The minimum absolute atomic E-state index is 1.12. The summed E-state index contributed by atoms with van der Waals surface area (Å²) in [6.45, 7) is 4.29. The van der Waals surface area contributed by atoms with Crippen LogP contribution < -0.4 is 0 Å². The van der Waals surface area contributed by atoms with E-state index in [1.807, 2.05) is 6.92 Å². The molecule has 0 amide bonds. The van der Waals surface area contributed by atoms with Crippen molar-refractivity contribution in [1.29, 1.82) is 0 Å². The Balaban J connectivity index is 2.10. The standard InChI is InChI=1S/C10H18N2S/c1-3-4-5-6-7-8-10-9(2)11-13-12-10/h3-8H2,1-2H3. The summed E-state index contributed by atoms with van der Waals surface area (Å²) >= 11 is 1.33. The van der Waals surface area contributed by atoms with E-state index in [4.69, 9.17) is 0 Å². The van der Waals surface area contributed by atoms with E-state index in [0.717, 1.165) is 12.1 Å². The van der Waals surface area contributed by atoms with Gasteiger partial charge >= 0.3 is 0 Å². The Morgan fingerprint density at radius 1 is 1.08 bits per heavy atom. The van der Waals surface area contributed by atoms with Crippen LogP contribution in [0.2, 0.25) is 0 Å². The lowest BCUT2D eigenvalue weighted by molar-refractivity contribution is 0.628. The van der Waals surface area contributed by atoms with Crippen molar-refractivity contribution < 1.29 is 0 Å². The van der Waals surface area contributed by atoms with Crippen molar-refractivity contribution in [3.8, 4) is 0 Å². The van der Waals surface area contributed by atoms with E-state index in [-0.39, 0.29) is 0 Å². The molecule has 0 unspecified atom stereocenters. The largest absolute Gasteiger partial charge is 0.178 e. The summed E-state index contributed by atoms with van der Waals surface area (Å²) in [7, 11) is 0. The summed E-state index contributed by atoms with van der Waals surface area (Å²) in [5, 5.41) is 0. The van der Waals surface area contributed by atoms with Crippen LogP contribution in [-0.4, -0.2) is 8.75 Å². The van der Waals surface area contributed by atoms with Crippen molar-refractivity contribution >= 4 is 11.7 Å². The Bertz CT molecular complexity index is 233. The van der Waals surface area contributed by atoms with Crippen LogP contribution in [0, 0.1) is 6.92 Å². The molecule has 0 spiro atoms. The van der Waals surface area contributed by atoms with Crippen LogP contribution >= 0.6 is 11.7 Å². The van der Waals surface area contributed by atoms with Crippen molar-refractivity contribution in [2.45, 2.75) is 52.4 Å². The van der Waals surface area contributed by atoms with E-state index in [0.29, 0.717) is 0 Å². The maximum Gasteiger partial charge on any atom is 0.0772 e. The summed E-state index contributed by atoms with van der Waals surface area (Å²) in [4.78, 5) is 0. The predicted molar refractivity (Wildman–Crippen MR) is 57.1 cm³/mol. The third-order valence-corrected chi connectivity index (χ3v) is 2.92. The molecule has 1 heterocycles. The Kier molecular flexibility index (Phi) is 4.98. The van der Waals surface area contributed by atoms with Crippen molar-refractivity contribution in [2.24, 2.45) is 0 Å². The fourth-order valence-electron chi connectivity index (χ4n) is 1.37. The minimum Gasteiger partial charge on any atom is -0.178 e. The van der Waals surface area contributed by atoms with Gasteiger partial charge in [0.25, 0.3) is 0 Å². The van der Waals surface area contributed by atoms with Crippen LogP contribution in [0.3, 0.4) is 0 Å². The molecule has 0 bridgehead atoms. The Morgan fingerprint density at radius 2 is 1.85 bits per heavy atom. The molecule has 74 valence electrons. The molecule has 0 aliphatic heterocycles. The maximum absolute atomic E-state index is 4.26. The molecule has 0 fully saturated rings. The molecule has 0 aliphatic rings. The fraction of sp³-hybridized carbons (Fsp3) is 0.800. The van der Waals surface area contributed by atoms with Gasteiger partial charge in [0, 0.05) is 0 Å². The number of hydrogen-bond donors (Lipinski definition) is 0. The second-order valence-electron chi connectivity index (χ2n) is 3.46. The van der Waals surface area contributed by atoms with Gasteiger partial charge < -0.3 is 0 Å². The molecule has 0 saturated carbocycles. The van der Waals surface area contributed by atoms with Crippen molar-refractivity contribution in [1.82, 2.24) is 8.75 Å². The maximum atomic E-state index is 4.26. The highest BCUT2D eigenvalue weighted by molar-refractivity contribution is 6.99. The molecule has 3 heteroatoms. The van der Waals surface area contributed by atoms with E-state index in [2.05, 4.69) is 15.7 Å². The highest BCUT2D eigenvalue weighted by Crippen LogP contribution is 2.10. The van der Waals surface area contributed by atoms with Gasteiger partial charge in [-0.15, -0.1) is 0 Å². The molecule has 1 rings (SSSR count). The lowest BCUT2D eigenvalue weighted by Gasteiger charge is -1.98. The van der Waals surface area contributed by atoms with Crippen LogP contribution in [0.25, 0.3) is 0 Å². The first-order chi connectivity index (χ1) is 6.34. The van der Waals surface area contributed by atoms with E-state index in [1.165, 1.54) is 49.5 Å². The first kappa shape index (κ1) is 10.6. The molecule has 0 saturated heterocycles. The zero-order chi connectivity index (χ0) is 9.52. The van der Waals surface area contributed by atoms with Gasteiger partial charge in [-0.05, 0) is 19.8 Å². The first-order valence-electron chi connectivity index (χ1n) is 5.12. The highest BCUT2D eigenvalue weighted by Gasteiger charge is 2.01. The number of nitrogens with zero attached hydrogens (tertiary/aromatic N) is 2. The van der Waals surface area contributed by atoms with Crippen LogP contribution in [0.15, 0.2) is 0 Å². The van der Waals surface area contributed by atoms with Gasteiger partial charge in [0.1, 0.15) is 0 Å². The lowest BCUT2D eigenvalue weighted by atomic mass is 10.1. The van der Waals surface area contributed by atoms with E-state index in [9.17, 15) is 0 Å². The van der Waals surface area contributed by atoms with Gasteiger partial charge in [0.05, 0.1) is 23.1 Å². The van der Waals surface area contributed by atoms with Crippen molar-refractivity contribution in [3.63, 3.8) is 0 Å². The summed E-state index contributed by atoms with van der Waals surface area (Å²) in [6, 6.07) is 0. The quantitative estimate of drug-likeness (QED) is 0.655. The molecule has 0 aromatic carbocycles. The number of unbranched alkanes of at least 4 members (excludes halogenated alkanes) is 4. The van der Waals surface area contributed by atoms with E-state index < -0.39 is 0 Å². The Hall–Kier alpha value is -0.440. The Labute approximate surface area is 84.7 Å². The number of aromatic nitrogens is 2. The van der Waals surface area contributed by atoms with Crippen LogP contribution in [-0.2, 0) is 6.42 Å². The molecular formula is C10H18N2S. The summed E-state index contributed by atoms with van der Waals surface area (Å²) in [5.41, 5.74) is 2.34. The normalized spacial score (nSPS) is 10.6. The van der Waals surface area contributed by atoms with Crippen LogP contribution in [0.4, 0.5) is 0 Å². The smallest absolute Gasteiger partial charge is 0.0772 e. The van der Waals surface area contributed by atoms with Crippen molar-refractivity contribution in [3.05, 3.63) is 11.4 Å². The predicted octanol–water partition coefficient (Wildman–Crippen LogP) is 3.36. The van der Waals surface area contributed by atoms with Gasteiger partial charge in [0.2, 0.25) is 0 Å². The Morgan fingerprint density at radius 3 is 2.46 bits per heavy atom. The highest BCUT2D eigenvalue weighted by atomic mass is 32.1. The molecule has 13 heavy (non-hydrogen) atoms. The van der Waals surface area contributed by atoms with E-state index in [1.54, 1.807) is 0 Å². The zero-order valence-corrected chi connectivity index (χ0v) is 9.36. The number of hydrogen-bond acceptors (Lipinski definition) is 3. The number of rotatable bonds is 6. The van der Waals surface area contributed by atoms with Crippen LogP contribution in [0.1, 0.15) is 50.4 Å². The monoisotopic (exact) mass is 198 g/mol.